The zero-order valence-electron chi connectivity index (χ0n) is 13.1. The molecule has 120 valence electrons. The van der Waals surface area contributed by atoms with Crippen molar-refractivity contribution in [3.8, 4) is 6.01 Å². The molecule has 1 aliphatic rings. The average molecular weight is 320 g/mol. The van der Waals surface area contributed by atoms with Gasteiger partial charge in [0.25, 0.3) is 0 Å². The molecule has 0 aliphatic carbocycles. The minimum Gasteiger partial charge on any atom is -0.467 e. The van der Waals surface area contributed by atoms with E-state index < -0.39 is 0 Å². The highest BCUT2D eigenvalue weighted by atomic mass is 16.5. The monoisotopic (exact) mass is 320 g/mol. The zero-order chi connectivity index (χ0) is 16.5. The van der Waals surface area contributed by atoms with Gasteiger partial charge < -0.3 is 10.1 Å². The number of hydrogen-bond donors (Lipinski definition) is 1. The third kappa shape index (κ3) is 2.32. The summed E-state index contributed by atoms with van der Waals surface area (Å²) in [6.45, 7) is 0. The van der Waals surface area contributed by atoms with Crippen molar-refractivity contribution in [2.24, 2.45) is 0 Å². The summed E-state index contributed by atoms with van der Waals surface area (Å²) < 4.78 is 6.62. The minimum atomic E-state index is -0.378. The van der Waals surface area contributed by atoms with E-state index in [4.69, 9.17) is 4.74 Å². The lowest BCUT2D eigenvalue weighted by Gasteiger charge is -2.21. The molecule has 1 aromatic heterocycles. The van der Waals surface area contributed by atoms with Crippen LogP contribution in [0.3, 0.4) is 0 Å². The van der Waals surface area contributed by atoms with Crippen LogP contribution in [0.25, 0.3) is 0 Å². The Morgan fingerprint density at radius 1 is 0.958 bits per heavy atom. The maximum atomic E-state index is 12.5. The molecular weight excluding hydrogens is 304 g/mol. The lowest BCUT2D eigenvalue weighted by atomic mass is 9.94. The second kappa shape index (κ2) is 5.81. The van der Waals surface area contributed by atoms with Gasteiger partial charge in [-0.25, -0.2) is 4.79 Å². The smallest absolute Gasteiger partial charge is 0.355 e. The molecule has 0 saturated carbocycles. The van der Waals surface area contributed by atoms with Crippen molar-refractivity contribution in [2.45, 2.75) is 12.1 Å². The van der Waals surface area contributed by atoms with Crippen LogP contribution in [-0.4, -0.2) is 21.6 Å². The molecule has 1 N–H and O–H groups in total. The van der Waals surface area contributed by atoms with Crippen LogP contribution in [0, 0.1) is 0 Å². The largest absolute Gasteiger partial charge is 0.467 e. The maximum absolute atomic E-state index is 12.5. The van der Waals surface area contributed by atoms with Gasteiger partial charge in [-0.15, -0.1) is 4.98 Å². The molecule has 6 nitrogen and oxygen atoms in total. The van der Waals surface area contributed by atoms with Gasteiger partial charge in [0.1, 0.15) is 0 Å². The number of aromatic nitrogens is 3. The molecule has 0 amide bonds. The predicted octanol–water partition coefficient (Wildman–Crippen LogP) is 2.40. The van der Waals surface area contributed by atoms with Crippen molar-refractivity contribution in [1.82, 2.24) is 14.5 Å². The number of ether oxygens (including phenoxy) is 1. The van der Waals surface area contributed by atoms with Crippen LogP contribution in [0.1, 0.15) is 23.2 Å². The standard InChI is InChI=1S/C18H16N4O2/c1-24-17-20-16-19-14(12-8-4-2-5-9-12)15(22(16)18(23)21-17)13-10-6-3-7-11-13/h2-11,14-15H,1H3,(H,19,20,21,23)/t14-,15+/m0/s1. The number of methoxy groups -OCH3 is 1. The van der Waals surface area contributed by atoms with Crippen LogP contribution < -0.4 is 15.7 Å². The van der Waals surface area contributed by atoms with Crippen molar-refractivity contribution >= 4 is 5.95 Å². The van der Waals surface area contributed by atoms with Gasteiger partial charge in [-0.1, -0.05) is 60.7 Å². The molecule has 0 saturated heterocycles. The normalized spacial score (nSPS) is 18.7. The van der Waals surface area contributed by atoms with E-state index in [1.807, 2.05) is 60.7 Å². The number of nitrogens with one attached hydrogen (secondary N) is 1. The molecule has 3 aromatic rings. The van der Waals surface area contributed by atoms with Gasteiger partial charge in [0.15, 0.2) is 0 Å². The molecule has 4 rings (SSSR count). The van der Waals surface area contributed by atoms with E-state index in [2.05, 4.69) is 15.3 Å². The fourth-order valence-electron chi connectivity index (χ4n) is 3.12. The number of rotatable bonds is 3. The number of benzene rings is 2. The molecule has 2 heterocycles. The van der Waals surface area contributed by atoms with Crippen molar-refractivity contribution < 1.29 is 4.74 Å². The molecule has 0 unspecified atom stereocenters. The first-order valence-electron chi connectivity index (χ1n) is 7.69. The molecule has 0 bridgehead atoms. The summed E-state index contributed by atoms with van der Waals surface area (Å²) >= 11 is 0. The van der Waals surface area contributed by atoms with Crippen LogP contribution in [0.15, 0.2) is 65.5 Å². The van der Waals surface area contributed by atoms with Gasteiger partial charge in [0, 0.05) is 0 Å². The van der Waals surface area contributed by atoms with E-state index in [1.54, 1.807) is 4.57 Å². The molecule has 0 spiro atoms. The Bertz CT molecular complexity index is 909. The van der Waals surface area contributed by atoms with Crippen molar-refractivity contribution in [1.29, 1.82) is 0 Å². The lowest BCUT2D eigenvalue weighted by Crippen LogP contribution is -2.27. The van der Waals surface area contributed by atoms with Crippen LogP contribution in [-0.2, 0) is 0 Å². The highest BCUT2D eigenvalue weighted by Gasteiger charge is 2.36. The summed E-state index contributed by atoms with van der Waals surface area (Å²) in [6, 6.07) is 19.6. The SMILES string of the molecule is COc1nc2n(c(=O)n1)[C@H](c1ccccc1)[C@H](c1ccccc1)N2. The maximum Gasteiger partial charge on any atom is 0.355 e. The molecule has 2 aromatic carbocycles. The first-order chi connectivity index (χ1) is 11.8. The average Bonchev–Trinajstić information content (AvgIpc) is 3.03. The van der Waals surface area contributed by atoms with E-state index in [0.717, 1.165) is 11.1 Å². The molecule has 0 fully saturated rings. The van der Waals surface area contributed by atoms with E-state index in [9.17, 15) is 4.79 Å². The summed E-state index contributed by atoms with van der Waals surface area (Å²) in [5.41, 5.74) is 1.72. The number of nitrogens with zero attached hydrogens (tertiary/aromatic N) is 3. The van der Waals surface area contributed by atoms with Crippen LogP contribution in [0.5, 0.6) is 6.01 Å². The van der Waals surface area contributed by atoms with Gasteiger partial charge in [0.05, 0.1) is 19.2 Å². The second-order valence-electron chi connectivity index (χ2n) is 5.57. The van der Waals surface area contributed by atoms with Gasteiger partial charge in [0.2, 0.25) is 5.95 Å². The van der Waals surface area contributed by atoms with Crippen molar-refractivity contribution in [3.63, 3.8) is 0 Å². The summed E-state index contributed by atoms with van der Waals surface area (Å²) in [5.74, 6) is 0.467. The molecule has 24 heavy (non-hydrogen) atoms. The number of hydrogen-bond acceptors (Lipinski definition) is 5. The molecule has 1 aliphatic heterocycles. The minimum absolute atomic E-state index is 0.0688. The Hall–Kier alpha value is -3.15. The van der Waals surface area contributed by atoms with E-state index in [1.165, 1.54) is 7.11 Å². The Morgan fingerprint density at radius 2 is 1.58 bits per heavy atom. The van der Waals surface area contributed by atoms with E-state index in [-0.39, 0.29) is 23.8 Å². The highest BCUT2D eigenvalue weighted by Crippen LogP contribution is 2.40. The topological polar surface area (TPSA) is 69.0 Å². The lowest BCUT2D eigenvalue weighted by molar-refractivity contribution is 0.372. The fourth-order valence-corrected chi connectivity index (χ4v) is 3.12. The quantitative estimate of drug-likeness (QED) is 0.802. The summed E-state index contributed by atoms with van der Waals surface area (Å²) in [5, 5.41) is 3.35. The summed E-state index contributed by atoms with van der Waals surface area (Å²) in [4.78, 5) is 20.7. The third-order valence-electron chi connectivity index (χ3n) is 4.19. The second-order valence-corrected chi connectivity index (χ2v) is 5.57. The van der Waals surface area contributed by atoms with E-state index in [0.29, 0.717) is 5.95 Å². The Labute approximate surface area is 138 Å². The number of anilines is 1. The van der Waals surface area contributed by atoms with Crippen molar-refractivity contribution in [2.75, 3.05) is 12.4 Å². The van der Waals surface area contributed by atoms with Gasteiger partial charge in [-0.3, -0.25) is 4.57 Å². The van der Waals surface area contributed by atoms with Gasteiger partial charge in [-0.2, -0.15) is 4.98 Å². The third-order valence-corrected chi connectivity index (χ3v) is 4.19. The van der Waals surface area contributed by atoms with Gasteiger partial charge in [-0.05, 0) is 11.1 Å². The zero-order valence-corrected chi connectivity index (χ0v) is 13.1. The Balaban J connectivity index is 1.90. The first-order valence-corrected chi connectivity index (χ1v) is 7.69. The molecule has 2 atom stereocenters. The highest BCUT2D eigenvalue weighted by molar-refractivity contribution is 5.44. The summed E-state index contributed by atoms with van der Waals surface area (Å²) in [7, 11) is 1.45. The molecule has 0 radical (unpaired) electrons. The van der Waals surface area contributed by atoms with E-state index >= 15 is 0 Å². The summed E-state index contributed by atoms with van der Waals surface area (Å²) in [6.07, 6.45) is 0. The van der Waals surface area contributed by atoms with Crippen LogP contribution >= 0.6 is 0 Å². The molecular formula is C18H16N4O2. The van der Waals surface area contributed by atoms with Crippen LogP contribution in [0.2, 0.25) is 0 Å². The fraction of sp³-hybridized carbons (Fsp3) is 0.167. The Kier molecular flexibility index (Phi) is 3.49. The first kappa shape index (κ1) is 14.4. The van der Waals surface area contributed by atoms with Gasteiger partial charge >= 0.3 is 11.7 Å². The Morgan fingerprint density at radius 3 is 2.21 bits per heavy atom. The van der Waals surface area contributed by atoms with Crippen molar-refractivity contribution in [3.05, 3.63) is 82.3 Å². The molecule has 6 heteroatoms. The predicted molar refractivity (Wildman–Crippen MR) is 90.2 cm³/mol. The number of fused-ring (bicyclic) bond motifs is 1. The van der Waals surface area contributed by atoms with Crippen LogP contribution in [0.4, 0.5) is 5.95 Å².